The zero-order chi connectivity index (χ0) is 16.5. The number of H-pyrrole nitrogens is 1. The predicted molar refractivity (Wildman–Crippen MR) is 88.9 cm³/mol. The van der Waals surface area contributed by atoms with Crippen LogP contribution in [0.15, 0.2) is 12.4 Å². The molecule has 1 aromatic heterocycles. The lowest BCUT2D eigenvalue weighted by atomic mass is 9.93. The van der Waals surface area contributed by atoms with Crippen molar-refractivity contribution in [2.45, 2.75) is 51.0 Å². The summed E-state index contributed by atoms with van der Waals surface area (Å²) in [7, 11) is 0. The number of carbonyl (C=O) groups is 2. The minimum atomic E-state index is -0.0444. The van der Waals surface area contributed by atoms with Crippen LogP contribution < -0.4 is 0 Å². The third-order valence-electron chi connectivity index (χ3n) is 5.63. The maximum atomic E-state index is 13.2. The molecule has 2 aliphatic heterocycles. The molecular weight excluding hydrogens is 304 g/mol. The molecule has 0 radical (unpaired) electrons. The van der Waals surface area contributed by atoms with Gasteiger partial charge in [-0.05, 0) is 44.9 Å². The van der Waals surface area contributed by atoms with Gasteiger partial charge in [-0.3, -0.25) is 9.59 Å². The predicted octanol–water partition coefficient (Wildman–Crippen LogP) is 2.11. The number of hydrogen-bond donors (Lipinski definition) is 1. The number of nitrogens with zero attached hydrogens (tertiary/aromatic N) is 3. The lowest BCUT2D eigenvalue weighted by Gasteiger charge is -2.39. The van der Waals surface area contributed by atoms with E-state index in [0.29, 0.717) is 6.54 Å². The molecule has 1 aromatic rings. The molecule has 2 saturated heterocycles. The molecule has 1 saturated carbocycles. The van der Waals surface area contributed by atoms with Crippen molar-refractivity contribution >= 4 is 11.8 Å². The smallest absolute Gasteiger partial charge is 0.228 e. The number of nitrogens with one attached hydrogen (secondary N) is 1. The Morgan fingerprint density at radius 1 is 1.00 bits per heavy atom. The van der Waals surface area contributed by atoms with Gasteiger partial charge in [-0.15, -0.1) is 0 Å². The van der Waals surface area contributed by atoms with E-state index >= 15 is 0 Å². The number of imidazole rings is 1. The van der Waals surface area contributed by atoms with Gasteiger partial charge in [0.1, 0.15) is 5.82 Å². The number of carbonyl (C=O) groups excluding carboxylic acids is 2. The fourth-order valence-electron chi connectivity index (χ4n) is 4.14. The van der Waals surface area contributed by atoms with Crippen molar-refractivity contribution in [3.05, 3.63) is 18.2 Å². The zero-order valence-electron chi connectivity index (χ0n) is 14.1. The first-order valence-electron chi connectivity index (χ1n) is 9.32. The molecule has 0 aromatic carbocycles. The van der Waals surface area contributed by atoms with Gasteiger partial charge in [-0.2, -0.15) is 0 Å². The number of aromatic nitrogens is 2. The number of hydrogen-bond acceptors (Lipinski definition) is 3. The third kappa shape index (κ3) is 3.06. The highest BCUT2D eigenvalue weighted by Crippen LogP contribution is 2.34. The molecule has 1 N–H and O–H groups in total. The Bertz CT molecular complexity index is 596. The molecule has 0 spiro atoms. The first kappa shape index (κ1) is 15.7. The molecule has 4 rings (SSSR count). The summed E-state index contributed by atoms with van der Waals surface area (Å²) in [6, 6.07) is 0.0655. The Hall–Kier alpha value is -1.85. The van der Waals surface area contributed by atoms with Crippen molar-refractivity contribution in [2.75, 3.05) is 19.6 Å². The Morgan fingerprint density at radius 3 is 2.62 bits per heavy atom. The summed E-state index contributed by atoms with van der Waals surface area (Å²) in [5.41, 5.74) is 0. The number of aromatic amines is 1. The Kier molecular flexibility index (Phi) is 4.29. The fourth-order valence-corrected chi connectivity index (χ4v) is 4.14. The van der Waals surface area contributed by atoms with Crippen LogP contribution in [0, 0.1) is 11.8 Å². The minimum absolute atomic E-state index is 0.0444. The summed E-state index contributed by atoms with van der Waals surface area (Å²) in [5.74, 6) is 1.57. The molecule has 1 aliphatic carbocycles. The fraction of sp³-hybridized carbons (Fsp3) is 0.722. The summed E-state index contributed by atoms with van der Waals surface area (Å²) in [6.45, 7) is 2.23. The molecule has 130 valence electrons. The number of likely N-dealkylation sites (tertiary alicyclic amines) is 2. The standard InChI is InChI=1S/C18H26N4O2/c23-17(13-6-7-13)21-10-3-4-14(12-21)18(24)22-11-2-1-5-15(22)16-19-8-9-20-16/h8-9,13-15H,1-7,10-12H2,(H,19,20)/t14-,15-/m1/s1. The van der Waals surface area contributed by atoms with Gasteiger partial charge in [-0.25, -0.2) is 4.98 Å². The number of piperidine rings is 2. The Balaban J connectivity index is 1.45. The highest BCUT2D eigenvalue weighted by atomic mass is 16.2. The normalized spacial score (nSPS) is 28.0. The Morgan fingerprint density at radius 2 is 1.88 bits per heavy atom. The van der Waals surface area contributed by atoms with Gasteiger partial charge in [0.2, 0.25) is 11.8 Å². The van der Waals surface area contributed by atoms with Gasteiger partial charge in [0.05, 0.1) is 12.0 Å². The quantitative estimate of drug-likeness (QED) is 0.923. The topological polar surface area (TPSA) is 69.3 Å². The molecule has 2 amide bonds. The van der Waals surface area contributed by atoms with E-state index in [-0.39, 0.29) is 29.7 Å². The van der Waals surface area contributed by atoms with Crippen molar-refractivity contribution in [1.82, 2.24) is 19.8 Å². The average molecular weight is 330 g/mol. The van der Waals surface area contributed by atoms with E-state index in [1.807, 2.05) is 16.0 Å². The molecule has 3 heterocycles. The first-order chi connectivity index (χ1) is 11.7. The van der Waals surface area contributed by atoms with E-state index in [1.54, 1.807) is 6.20 Å². The molecular formula is C18H26N4O2. The van der Waals surface area contributed by atoms with Crippen LogP contribution >= 0.6 is 0 Å². The van der Waals surface area contributed by atoms with Gasteiger partial charge in [0.25, 0.3) is 0 Å². The van der Waals surface area contributed by atoms with Crippen LogP contribution in [0.25, 0.3) is 0 Å². The van der Waals surface area contributed by atoms with Crippen LogP contribution in [-0.2, 0) is 9.59 Å². The van der Waals surface area contributed by atoms with Crippen LogP contribution in [0.2, 0.25) is 0 Å². The molecule has 0 unspecified atom stereocenters. The second kappa shape index (κ2) is 6.57. The Labute approximate surface area is 142 Å². The second-order valence-corrected chi connectivity index (χ2v) is 7.42. The van der Waals surface area contributed by atoms with Crippen molar-refractivity contribution < 1.29 is 9.59 Å². The molecule has 3 aliphatic rings. The molecule has 3 fully saturated rings. The van der Waals surface area contributed by atoms with E-state index in [4.69, 9.17) is 0 Å². The molecule has 6 nitrogen and oxygen atoms in total. The van der Waals surface area contributed by atoms with Crippen molar-refractivity contribution in [2.24, 2.45) is 11.8 Å². The average Bonchev–Trinajstić information content (AvgIpc) is 3.35. The summed E-state index contributed by atoms with van der Waals surface area (Å²) < 4.78 is 0. The third-order valence-corrected chi connectivity index (χ3v) is 5.63. The summed E-state index contributed by atoms with van der Waals surface area (Å²) in [5, 5.41) is 0. The SMILES string of the molecule is O=C(C1CC1)N1CCC[C@@H](C(=O)N2CCCC[C@@H]2c2ncc[nH]2)C1. The van der Waals surface area contributed by atoms with Crippen LogP contribution in [-0.4, -0.2) is 51.2 Å². The van der Waals surface area contributed by atoms with Crippen LogP contribution in [0.1, 0.15) is 56.8 Å². The van der Waals surface area contributed by atoms with Gasteiger partial charge < -0.3 is 14.8 Å². The molecule has 2 atom stereocenters. The van der Waals surface area contributed by atoms with Crippen LogP contribution in [0.5, 0.6) is 0 Å². The van der Waals surface area contributed by atoms with Gasteiger partial charge >= 0.3 is 0 Å². The van der Waals surface area contributed by atoms with Crippen molar-refractivity contribution in [1.29, 1.82) is 0 Å². The number of rotatable bonds is 3. The monoisotopic (exact) mass is 330 g/mol. The summed E-state index contributed by atoms with van der Waals surface area (Å²) in [4.78, 5) is 37.0. The summed E-state index contributed by atoms with van der Waals surface area (Å²) in [6.07, 6.45) is 10.6. The van der Waals surface area contributed by atoms with E-state index in [1.165, 1.54) is 0 Å². The minimum Gasteiger partial charge on any atom is -0.347 e. The van der Waals surface area contributed by atoms with E-state index in [2.05, 4.69) is 9.97 Å². The van der Waals surface area contributed by atoms with Gasteiger partial charge in [-0.1, -0.05) is 0 Å². The summed E-state index contributed by atoms with van der Waals surface area (Å²) >= 11 is 0. The van der Waals surface area contributed by atoms with E-state index in [9.17, 15) is 9.59 Å². The molecule has 0 bridgehead atoms. The van der Waals surface area contributed by atoms with Crippen molar-refractivity contribution in [3.63, 3.8) is 0 Å². The first-order valence-corrected chi connectivity index (χ1v) is 9.32. The molecule has 6 heteroatoms. The maximum Gasteiger partial charge on any atom is 0.228 e. The molecule has 24 heavy (non-hydrogen) atoms. The van der Waals surface area contributed by atoms with Gasteiger partial charge in [0.15, 0.2) is 0 Å². The van der Waals surface area contributed by atoms with Crippen molar-refractivity contribution in [3.8, 4) is 0 Å². The maximum absolute atomic E-state index is 13.2. The van der Waals surface area contributed by atoms with Crippen LogP contribution in [0.3, 0.4) is 0 Å². The zero-order valence-corrected chi connectivity index (χ0v) is 14.1. The number of amides is 2. The van der Waals surface area contributed by atoms with E-state index in [0.717, 1.165) is 63.9 Å². The largest absolute Gasteiger partial charge is 0.347 e. The van der Waals surface area contributed by atoms with Crippen LogP contribution in [0.4, 0.5) is 0 Å². The lowest BCUT2D eigenvalue weighted by Crippen LogP contribution is -2.49. The lowest BCUT2D eigenvalue weighted by molar-refractivity contribution is -0.144. The second-order valence-electron chi connectivity index (χ2n) is 7.42. The highest BCUT2D eigenvalue weighted by molar-refractivity contribution is 5.83. The van der Waals surface area contributed by atoms with Gasteiger partial charge in [0, 0.05) is 37.9 Å². The van der Waals surface area contributed by atoms with E-state index < -0.39 is 0 Å². The highest BCUT2D eigenvalue weighted by Gasteiger charge is 2.39.